The second-order valence-corrected chi connectivity index (χ2v) is 5.34. The Balaban J connectivity index is 3.46. The molecule has 6 heteroatoms. The minimum absolute atomic E-state index is 0.102. The molecule has 0 saturated heterocycles. The number of methoxy groups -OCH3 is 2. The Labute approximate surface area is 141 Å². The van der Waals surface area contributed by atoms with Crippen LogP contribution >= 0.6 is 0 Å². The number of hydrogen-bond donors (Lipinski definition) is 2. The topological polar surface area (TPSA) is 93.1 Å². The molecular weight excluding hydrogens is 312 g/mol. The average molecular weight is 334 g/mol. The van der Waals surface area contributed by atoms with Crippen LogP contribution in [0.4, 0.5) is 0 Å². The zero-order valence-electron chi connectivity index (χ0n) is 14.4. The van der Waals surface area contributed by atoms with E-state index in [0.29, 0.717) is 23.0 Å². The van der Waals surface area contributed by atoms with E-state index in [1.807, 2.05) is 0 Å². The highest BCUT2D eigenvalue weighted by Gasteiger charge is 2.22. The third kappa shape index (κ3) is 4.16. The summed E-state index contributed by atoms with van der Waals surface area (Å²) in [7, 11) is 2.73. The Morgan fingerprint density at radius 1 is 1.25 bits per heavy atom. The van der Waals surface area contributed by atoms with E-state index in [2.05, 4.69) is 0 Å². The summed E-state index contributed by atoms with van der Waals surface area (Å²) < 4.78 is 10.2. The fourth-order valence-electron chi connectivity index (χ4n) is 2.10. The lowest BCUT2D eigenvalue weighted by Crippen LogP contribution is -2.05. The molecule has 0 spiro atoms. The lowest BCUT2D eigenvalue weighted by Gasteiger charge is -2.17. The molecule has 0 fully saturated rings. The lowest BCUT2D eigenvalue weighted by atomic mass is 9.94. The summed E-state index contributed by atoms with van der Waals surface area (Å²) in [5.74, 6) is -0.973. The maximum Gasteiger partial charge on any atom is 0.161 e. The molecule has 130 valence electrons. The Hall–Kier alpha value is -2.76. The molecule has 1 aromatic carbocycles. The Bertz CT molecular complexity index is 700. The second kappa shape index (κ2) is 8.19. The standard InChI is InChI=1S/C18H22O6/c1-10(12(3)20)6-15(23-4)17(21)11(2)14-7-13(9-19)8-16(24-5)18(14)22/h6-9,11,21-22H,1-5H3/b10-6+,17-15-. The van der Waals surface area contributed by atoms with Crippen molar-refractivity contribution in [3.8, 4) is 11.5 Å². The number of hydrogen-bond acceptors (Lipinski definition) is 6. The molecule has 0 amide bonds. The summed E-state index contributed by atoms with van der Waals surface area (Å²) in [5, 5.41) is 20.7. The van der Waals surface area contributed by atoms with E-state index in [1.165, 1.54) is 39.4 Å². The number of benzene rings is 1. The van der Waals surface area contributed by atoms with E-state index >= 15 is 0 Å². The van der Waals surface area contributed by atoms with Crippen LogP contribution in [-0.4, -0.2) is 36.5 Å². The highest BCUT2D eigenvalue weighted by atomic mass is 16.5. The SMILES string of the molecule is COC(/C=C(\C)C(C)=O)=C(\O)C(C)c1cc(C=O)cc(OC)c1O. The summed E-state index contributed by atoms with van der Waals surface area (Å²) in [4.78, 5) is 22.4. The minimum atomic E-state index is -0.690. The van der Waals surface area contributed by atoms with E-state index in [9.17, 15) is 19.8 Å². The van der Waals surface area contributed by atoms with Gasteiger partial charge in [0.15, 0.2) is 23.0 Å². The number of rotatable bonds is 7. The molecular formula is C18H22O6. The van der Waals surface area contributed by atoms with Gasteiger partial charge in [0.2, 0.25) is 0 Å². The van der Waals surface area contributed by atoms with Gasteiger partial charge in [-0.3, -0.25) is 9.59 Å². The second-order valence-electron chi connectivity index (χ2n) is 5.34. The third-order valence-corrected chi connectivity index (χ3v) is 3.73. The Morgan fingerprint density at radius 2 is 1.88 bits per heavy atom. The molecule has 0 bridgehead atoms. The van der Waals surface area contributed by atoms with Crippen molar-refractivity contribution in [1.82, 2.24) is 0 Å². The molecule has 0 aliphatic carbocycles. The predicted octanol–water partition coefficient (Wildman–Crippen LogP) is 3.27. The van der Waals surface area contributed by atoms with Gasteiger partial charge in [-0.15, -0.1) is 0 Å². The van der Waals surface area contributed by atoms with Crippen molar-refractivity contribution in [2.75, 3.05) is 14.2 Å². The number of ether oxygens (including phenoxy) is 2. The fourth-order valence-corrected chi connectivity index (χ4v) is 2.10. The molecule has 0 saturated carbocycles. The average Bonchev–Trinajstić information content (AvgIpc) is 2.58. The summed E-state index contributed by atoms with van der Waals surface area (Å²) in [6.07, 6.45) is 2.04. The van der Waals surface area contributed by atoms with E-state index in [4.69, 9.17) is 9.47 Å². The molecule has 24 heavy (non-hydrogen) atoms. The van der Waals surface area contributed by atoms with E-state index < -0.39 is 5.92 Å². The summed E-state index contributed by atoms with van der Waals surface area (Å²) in [6, 6.07) is 2.86. The minimum Gasteiger partial charge on any atom is -0.508 e. The molecule has 0 aliphatic heterocycles. The van der Waals surface area contributed by atoms with Crippen molar-refractivity contribution < 1.29 is 29.3 Å². The summed E-state index contributed by atoms with van der Waals surface area (Å²) in [6.45, 7) is 4.64. The molecule has 0 aromatic heterocycles. The number of Topliss-reactive ketones (excluding diaryl/α,β-unsaturated/α-hetero) is 1. The van der Waals surface area contributed by atoms with Crippen molar-refractivity contribution in [3.63, 3.8) is 0 Å². The number of carbonyl (C=O) groups is 2. The molecule has 0 heterocycles. The molecule has 0 aliphatic rings. The number of aliphatic hydroxyl groups excluding tert-OH is 1. The smallest absolute Gasteiger partial charge is 0.161 e. The first-order chi connectivity index (χ1) is 11.3. The van der Waals surface area contributed by atoms with Crippen molar-refractivity contribution in [2.24, 2.45) is 0 Å². The van der Waals surface area contributed by atoms with Crippen molar-refractivity contribution in [1.29, 1.82) is 0 Å². The van der Waals surface area contributed by atoms with Crippen LogP contribution in [0.5, 0.6) is 11.5 Å². The van der Waals surface area contributed by atoms with Crippen LogP contribution in [0.25, 0.3) is 0 Å². The van der Waals surface area contributed by atoms with Crippen LogP contribution in [0.2, 0.25) is 0 Å². The number of carbonyl (C=O) groups excluding carboxylic acids is 2. The van der Waals surface area contributed by atoms with E-state index in [0.717, 1.165) is 0 Å². The number of ketones is 1. The van der Waals surface area contributed by atoms with Gasteiger partial charge in [0, 0.05) is 17.0 Å². The Morgan fingerprint density at radius 3 is 2.33 bits per heavy atom. The normalized spacial score (nSPS) is 13.8. The number of aliphatic hydroxyl groups is 1. The van der Waals surface area contributed by atoms with Gasteiger partial charge in [-0.05, 0) is 37.6 Å². The Kier molecular flexibility index (Phi) is 6.58. The van der Waals surface area contributed by atoms with Crippen molar-refractivity contribution in [3.05, 3.63) is 46.4 Å². The van der Waals surface area contributed by atoms with Gasteiger partial charge < -0.3 is 19.7 Å². The van der Waals surface area contributed by atoms with Crippen molar-refractivity contribution in [2.45, 2.75) is 26.7 Å². The van der Waals surface area contributed by atoms with Gasteiger partial charge in [-0.2, -0.15) is 0 Å². The van der Waals surface area contributed by atoms with Crippen LogP contribution in [-0.2, 0) is 9.53 Å². The van der Waals surface area contributed by atoms with Gasteiger partial charge in [0.05, 0.1) is 14.2 Å². The summed E-state index contributed by atoms with van der Waals surface area (Å²) >= 11 is 0. The van der Waals surface area contributed by atoms with Gasteiger partial charge in [-0.1, -0.05) is 6.92 Å². The monoisotopic (exact) mass is 334 g/mol. The molecule has 1 unspecified atom stereocenters. The first-order valence-corrected chi connectivity index (χ1v) is 7.29. The van der Waals surface area contributed by atoms with Crippen LogP contribution in [0, 0.1) is 0 Å². The van der Waals surface area contributed by atoms with E-state index in [1.54, 1.807) is 13.8 Å². The van der Waals surface area contributed by atoms with Crippen molar-refractivity contribution >= 4 is 12.1 Å². The van der Waals surface area contributed by atoms with Gasteiger partial charge >= 0.3 is 0 Å². The van der Waals surface area contributed by atoms with Gasteiger partial charge in [0.1, 0.15) is 12.0 Å². The molecule has 0 radical (unpaired) electrons. The molecule has 6 nitrogen and oxygen atoms in total. The number of allylic oxidation sites excluding steroid dienone is 3. The molecule has 1 aromatic rings. The van der Waals surface area contributed by atoms with Crippen LogP contribution in [0.3, 0.4) is 0 Å². The van der Waals surface area contributed by atoms with E-state index in [-0.39, 0.29) is 28.8 Å². The highest BCUT2D eigenvalue weighted by Crippen LogP contribution is 2.38. The zero-order chi connectivity index (χ0) is 18.4. The summed E-state index contributed by atoms with van der Waals surface area (Å²) in [5.41, 5.74) is 1.01. The molecule has 1 atom stereocenters. The maximum absolute atomic E-state index is 11.4. The molecule has 1 rings (SSSR count). The number of aromatic hydroxyl groups is 1. The first kappa shape index (κ1) is 19.3. The maximum atomic E-state index is 11.4. The number of aldehydes is 1. The van der Waals surface area contributed by atoms with Gasteiger partial charge in [-0.25, -0.2) is 0 Å². The lowest BCUT2D eigenvalue weighted by molar-refractivity contribution is -0.113. The van der Waals surface area contributed by atoms with Crippen LogP contribution in [0.15, 0.2) is 35.3 Å². The zero-order valence-corrected chi connectivity index (χ0v) is 14.4. The quantitative estimate of drug-likeness (QED) is 0.344. The largest absolute Gasteiger partial charge is 0.508 e. The predicted molar refractivity (Wildman–Crippen MR) is 89.6 cm³/mol. The third-order valence-electron chi connectivity index (χ3n) is 3.73. The van der Waals surface area contributed by atoms with Gasteiger partial charge in [0.25, 0.3) is 0 Å². The first-order valence-electron chi connectivity index (χ1n) is 7.29. The molecule has 2 N–H and O–H groups in total. The fraction of sp³-hybridized carbons (Fsp3) is 0.333. The number of phenols is 1. The highest BCUT2D eigenvalue weighted by molar-refractivity contribution is 5.93. The number of phenolic OH excluding ortho intramolecular Hbond substituents is 1. The van der Waals surface area contributed by atoms with Crippen LogP contribution < -0.4 is 4.74 Å². The van der Waals surface area contributed by atoms with Crippen LogP contribution in [0.1, 0.15) is 42.6 Å².